The molecule has 6 atom stereocenters. The maximum absolute atomic E-state index is 15.1. The summed E-state index contributed by atoms with van der Waals surface area (Å²) in [6, 6.07) is 8.13. The Labute approximate surface area is 247 Å². The van der Waals surface area contributed by atoms with E-state index in [0.29, 0.717) is 42.3 Å². The quantitative estimate of drug-likeness (QED) is 0.247. The largest absolute Gasteiger partial charge is 0.502 e. The van der Waals surface area contributed by atoms with Crippen LogP contribution in [0.25, 0.3) is 0 Å². The number of benzene rings is 2. The number of aliphatic hydroxyl groups excluding tert-OH is 3. The van der Waals surface area contributed by atoms with Gasteiger partial charge in [-0.05, 0) is 48.2 Å². The molecule has 2 aromatic rings. The van der Waals surface area contributed by atoms with Crippen molar-refractivity contribution in [1.29, 1.82) is 0 Å². The number of nitrogens with one attached hydrogen (secondary N) is 1. The molecule has 0 saturated carbocycles. The van der Waals surface area contributed by atoms with Crippen molar-refractivity contribution in [2.45, 2.75) is 55.6 Å². The number of phenols is 1. The number of halogens is 2. The van der Waals surface area contributed by atoms with Crippen LogP contribution in [0.1, 0.15) is 30.0 Å². The Morgan fingerprint density at radius 2 is 1.79 bits per heavy atom. The van der Waals surface area contributed by atoms with Crippen molar-refractivity contribution in [2.75, 3.05) is 40.8 Å². The zero-order chi connectivity index (χ0) is 31.1. The van der Waals surface area contributed by atoms with Gasteiger partial charge in [0.1, 0.15) is 18.3 Å². The summed E-state index contributed by atoms with van der Waals surface area (Å²) >= 11 is 0. The van der Waals surface area contributed by atoms with Crippen LogP contribution in [0.4, 0.5) is 8.78 Å². The second-order valence-corrected chi connectivity index (χ2v) is 10.4. The third kappa shape index (κ3) is 7.39. The zero-order valence-corrected chi connectivity index (χ0v) is 23.8. The van der Waals surface area contributed by atoms with Gasteiger partial charge in [0, 0.05) is 18.4 Å². The van der Waals surface area contributed by atoms with Gasteiger partial charge in [0.05, 0.1) is 40.1 Å². The van der Waals surface area contributed by atoms with E-state index in [2.05, 4.69) is 5.32 Å². The first-order valence-corrected chi connectivity index (χ1v) is 13.7. The summed E-state index contributed by atoms with van der Waals surface area (Å²) < 4.78 is 60.8. The van der Waals surface area contributed by atoms with Crippen LogP contribution in [0.3, 0.4) is 0 Å². The number of phenolic OH excluding ortho intramolecular Hbond substituents is 1. The highest BCUT2D eigenvalue weighted by atomic mass is 19.3. The summed E-state index contributed by atoms with van der Waals surface area (Å²) in [5.74, 6) is -1.63. The van der Waals surface area contributed by atoms with E-state index in [1.165, 1.54) is 14.2 Å². The van der Waals surface area contributed by atoms with Crippen molar-refractivity contribution < 1.29 is 62.4 Å². The highest BCUT2D eigenvalue weighted by Gasteiger charge is 2.49. The minimum Gasteiger partial charge on any atom is -0.502 e. The van der Waals surface area contributed by atoms with Crippen molar-refractivity contribution in [2.24, 2.45) is 5.92 Å². The van der Waals surface area contributed by atoms with Crippen molar-refractivity contribution in [3.63, 3.8) is 0 Å². The summed E-state index contributed by atoms with van der Waals surface area (Å²) in [6.45, 7) is -0.983. The lowest BCUT2D eigenvalue weighted by Crippen LogP contribution is -2.57. The van der Waals surface area contributed by atoms with Crippen LogP contribution in [0, 0.1) is 5.92 Å². The molecule has 1 saturated heterocycles. The minimum absolute atomic E-state index is 0.0394. The predicted octanol–water partition coefficient (Wildman–Crippen LogP) is 1.70. The van der Waals surface area contributed by atoms with E-state index in [0.717, 1.165) is 11.1 Å². The lowest BCUT2D eigenvalue weighted by Gasteiger charge is -2.40. The van der Waals surface area contributed by atoms with Gasteiger partial charge in [0.15, 0.2) is 23.0 Å². The Morgan fingerprint density at radius 1 is 1.12 bits per heavy atom. The topological polar surface area (TPSA) is 165 Å². The smallest absolute Gasteiger partial charge is 0.293 e. The average Bonchev–Trinajstić information content (AvgIpc) is 3.47. The third-order valence-corrected chi connectivity index (χ3v) is 7.78. The molecular weight excluding hydrogens is 576 g/mol. The van der Waals surface area contributed by atoms with Crippen LogP contribution >= 0.6 is 0 Å². The van der Waals surface area contributed by atoms with Crippen LogP contribution in [0.2, 0.25) is 0 Å². The van der Waals surface area contributed by atoms with Crippen LogP contribution in [-0.2, 0) is 20.7 Å². The number of para-hydroxylation sites is 1. The summed E-state index contributed by atoms with van der Waals surface area (Å²) in [4.78, 5) is 10.7. The van der Waals surface area contributed by atoms with E-state index in [-0.39, 0.29) is 25.1 Å². The lowest BCUT2D eigenvalue weighted by atomic mass is 9.79. The van der Waals surface area contributed by atoms with Gasteiger partial charge in [-0.3, -0.25) is 4.79 Å². The van der Waals surface area contributed by atoms with Crippen LogP contribution in [0.15, 0.2) is 30.3 Å². The second kappa shape index (κ2) is 14.4. The number of aromatic hydroxyl groups is 1. The van der Waals surface area contributed by atoms with Crippen molar-refractivity contribution in [3.8, 4) is 28.7 Å². The van der Waals surface area contributed by atoms with E-state index in [4.69, 9.17) is 28.4 Å². The molecule has 0 bridgehead atoms. The first-order chi connectivity index (χ1) is 20.6. The first-order valence-electron chi connectivity index (χ1n) is 13.7. The maximum atomic E-state index is 15.1. The standard InChI is InChI=1S/C21H27F2NO8.C8H10O3/c22-21(23,18-5-14(27)20(28)17(6-25)32-18)8-24-19-12(7-29-9-26)2-1-11-3-15-16(4-13(11)19)31-10-30-15;1-10-6-4-3-5-7(11-2)8(6)9/h3-4,9,12,14,17-20,24-25,27-28H,1-2,5-8,10H2;3-5,9H,1-2H3/t12?,14?,17?,18?,19?,20-;/m0./s1. The fraction of sp³-hybridized carbons (Fsp3) is 0.552. The fourth-order valence-electron chi connectivity index (χ4n) is 5.45. The number of methoxy groups -OCH3 is 2. The predicted molar refractivity (Wildman–Crippen MR) is 146 cm³/mol. The monoisotopic (exact) mass is 613 g/mol. The number of fused-ring (bicyclic) bond motifs is 2. The third-order valence-electron chi connectivity index (χ3n) is 7.78. The average molecular weight is 614 g/mol. The van der Waals surface area contributed by atoms with Crippen LogP contribution < -0.4 is 24.3 Å². The summed E-state index contributed by atoms with van der Waals surface area (Å²) in [5, 5.41) is 41.2. The molecule has 5 rings (SSSR count). The van der Waals surface area contributed by atoms with Crippen molar-refractivity contribution in [1.82, 2.24) is 5.32 Å². The Balaban J connectivity index is 0.000000324. The number of ether oxygens (including phenoxy) is 6. The van der Waals surface area contributed by atoms with Gasteiger partial charge in [0.25, 0.3) is 12.4 Å². The highest BCUT2D eigenvalue weighted by molar-refractivity contribution is 5.51. The molecule has 238 valence electrons. The molecule has 2 aliphatic heterocycles. The van der Waals surface area contributed by atoms with Crippen LogP contribution in [-0.4, -0.2) is 98.0 Å². The summed E-state index contributed by atoms with van der Waals surface area (Å²) in [5.41, 5.74) is 1.70. The van der Waals surface area contributed by atoms with Gasteiger partial charge in [-0.25, -0.2) is 8.78 Å². The molecule has 0 aromatic heterocycles. The Morgan fingerprint density at radius 3 is 2.42 bits per heavy atom. The zero-order valence-electron chi connectivity index (χ0n) is 23.8. The molecule has 0 radical (unpaired) electrons. The molecule has 2 heterocycles. The maximum Gasteiger partial charge on any atom is 0.293 e. The number of carbonyl (C=O) groups excluding carboxylic acids is 1. The van der Waals surface area contributed by atoms with Crippen molar-refractivity contribution in [3.05, 3.63) is 41.5 Å². The molecule has 0 amide bonds. The van der Waals surface area contributed by atoms with E-state index in [1.54, 1.807) is 24.3 Å². The summed E-state index contributed by atoms with van der Waals surface area (Å²) in [6.07, 6.45) is -5.03. The fourth-order valence-corrected chi connectivity index (χ4v) is 5.45. The lowest BCUT2D eigenvalue weighted by molar-refractivity contribution is -0.237. The highest BCUT2D eigenvalue weighted by Crippen LogP contribution is 2.43. The van der Waals surface area contributed by atoms with E-state index >= 15 is 8.78 Å². The Hall–Kier alpha value is -3.43. The van der Waals surface area contributed by atoms with Crippen molar-refractivity contribution >= 4 is 6.47 Å². The summed E-state index contributed by atoms with van der Waals surface area (Å²) in [7, 11) is 2.99. The number of alkyl halides is 2. The van der Waals surface area contributed by atoms with Crippen LogP contribution in [0.5, 0.6) is 28.7 Å². The van der Waals surface area contributed by atoms with E-state index in [1.807, 2.05) is 6.07 Å². The molecule has 0 spiro atoms. The number of rotatable bonds is 10. The van der Waals surface area contributed by atoms with Gasteiger partial charge in [-0.2, -0.15) is 0 Å². The molecule has 5 unspecified atom stereocenters. The van der Waals surface area contributed by atoms with Gasteiger partial charge in [0.2, 0.25) is 12.5 Å². The molecule has 3 aliphatic rings. The number of hydrogen-bond acceptors (Lipinski definition) is 12. The van der Waals surface area contributed by atoms with E-state index in [9.17, 15) is 25.2 Å². The Kier molecular flexibility index (Phi) is 10.8. The molecule has 1 fully saturated rings. The number of aryl methyl sites for hydroxylation is 1. The SMILES string of the molecule is COc1cccc(OC)c1O.O=COCC1CCc2cc3c(cc2C1NCC(F)(F)C1CC(O)[C@H](O)C(CO)O1)OCO3. The second-order valence-electron chi connectivity index (χ2n) is 10.4. The van der Waals surface area contributed by atoms with Gasteiger partial charge >= 0.3 is 0 Å². The van der Waals surface area contributed by atoms with Gasteiger partial charge in [-0.15, -0.1) is 0 Å². The first kappa shape index (κ1) is 32.5. The number of carbonyl (C=O) groups is 1. The van der Waals surface area contributed by atoms with E-state index < -0.39 is 56.0 Å². The molecule has 12 nitrogen and oxygen atoms in total. The Bertz CT molecular complexity index is 1210. The number of aliphatic hydroxyl groups is 3. The van der Waals surface area contributed by atoms with Gasteiger partial charge in [-0.1, -0.05) is 6.07 Å². The normalized spacial score (nSPS) is 26.0. The number of hydrogen-bond donors (Lipinski definition) is 5. The molecule has 14 heteroatoms. The molecule has 1 aliphatic carbocycles. The molecular formula is C29H37F2NO11. The van der Waals surface area contributed by atoms with Gasteiger partial charge < -0.3 is 54.2 Å². The molecule has 43 heavy (non-hydrogen) atoms. The molecule has 2 aromatic carbocycles. The minimum atomic E-state index is -3.40. The molecule has 5 N–H and O–H groups in total.